The van der Waals surface area contributed by atoms with E-state index < -0.39 is 104 Å². The van der Waals surface area contributed by atoms with Crippen molar-refractivity contribution < 1.29 is 90.5 Å². The predicted molar refractivity (Wildman–Crippen MR) is 100 cm³/mol. The van der Waals surface area contributed by atoms with E-state index in [2.05, 4.69) is 0 Å². The molecule has 14 atom stereocenters. The number of aliphatic hydroxyl groups is 13. The van der Waals surface area contributed by atoms with Crippen LogP contribution in [0, 0.1) is 0 Å². The van der Waals surface area contributed by atoms with Crippen LogP contribution < -0.4 is 0 Å². The number of rotatable bonds is 9. The molecule has 0 aromatic heterocycles. The van der Waals surface area contributed by atoms with Gasteiger partial charge in [0.25, 0.3) is 0 Å². The Kier molecular flexibility index (Phi) is 9.50. The molecule has 2 rings (SSSR count). The maximum absolute atomic E-state index is 12.2. The van der Waals surface area contributed by atoms with Gasteiger partial charge in [-0.3, -0.25) is 0 Å². The van der Waals surface area contributed by atoms with Crippen molar-refractivity contribution in [3.63, 3.8) is 0 Å². The maximum Gasteiger partial charge on any atom is 0.341 e. The van der Waals surface area contributed by atoms with Gasteiger partial charge in [0.2, 0.25) is 5.60 Å². The number of hydrogen-bond acceptors (Lipinski definition) is 17. The van der Waals surface area contributed by atoms with Crippen molar-refractivity contribution in [3.05, 3.63) is 0 Å². The van der Waals surface area contributed by atoms with Crippen molar-refractivity contribution in [1.29, 1.82) is 0 Å². The molecule has 2 heterocycles. The van der Waals surface area contributed by atoms with E-state index in [1.807, 2.05) is 0 Å². The number of aliphatic hydroxyl groups excluding tert-OH is 12. The van der Waals surface area contributed by atoms with Crippen LogP contribution in [0.1, 0.15) is 0 Å². The van der Waals surface area contributed by atoms with Gasteiger partial charge in [0.05, 0.1) is 13.2 Å². The molecule has 18 heteroatoms. The summed E-state index contributed by atoms with van der Waals surface area (Å²) in [5, 5.41) is 140. The third kappa shape index (κ3) is 4.90. The Morgan fingerprint density at radius 1 is 0.886 bits per heavy atom. The summed E-state index contributed by atoms with van der Waals surface area (Å²) in [5.74, 6) is -2.51. The summed E-state index contributed by atoms with van der Waals surface area (Å²) in [4.78, 5) is 12.2. The highest BCUT2D eigenvalue weighted by Crippen LogP contribution is 2.43. The molecule has 0 amide bonds. The van der Waals surface area contributed by atoms with E-state index in [1.165, 1.54) is 0 Å². The van der Waals surface area contributed by atoms with Crippen molar-refractivity contribution in [1.82, 2.24) is 0 Å². The Morgan fingerprint density at radius 3 is 1.91 bits per heavy atom. The van der Waals surface area contributed by atoms with Crippen LogP contribution in [0.25, 0.3) is 0 Å². The van der Waals surface area contributed by atoms with E-state index in [0.29, 0.717) is 0 Å². The molecule has 0 aliphatic carbocycles. The highest BCUT2D eigenvalue weighted by atomic mass is 16.8. The van der Waals surface area contributed by atoms with Gasteiger partial charge in [-0.2, -0.15) is 0 Å². The van der Waals surface area contributed by atoms with Gasteiger partial charge in [-0.1, -0.05) is 0 Å². The van der Waals surface area contributed by atoms with E-state index in [-0.39, 0.29) is 0 Å². The number of aliphatic carboxylic acids is 1. The van der Waals surface area contributed by atoms with Crippen LogP contribution in [0.3, 0.4) is 0 Å². The second-order valence-corrected chi connectivity index (χ2v) is 8.22. The maximum atomic E-state index is 12.2. The van der Waals surface area contributed by atoms with Crippen LogP contribution in [0.4, 0.5) is 0 Å². The lowest BCUT2D eigenvalue weighted by Crippen LogP contribution is -2.81. The van der Waals surface area contributed by atoms with E-state index in [9.17, 15) is 71.2 Å². The summed E-state index contributed by atoms with van der Waals surface area (Å²) in [6, 6.07) is 0. The van der Waals surface area contributed by atoms with Crippen LogP contribution in [-0.4, -0.2) is 176 Å². The first-order valence-corrected chi connectivity index (χ1v) is 10.1. The zero-order valence-electron chi connectivity index (χ0n) is 17.7. The molecule has 14 N–H and O–H groups in total. The Labute approximate surface area is 195 Å². The number of carbonyl (C=O) groups is 1. The number of carboxylic acid groups (broad SMARTS) is 1. The normalized spacial score (nSPS) is 44.8. The van der Waals surface area contributed by atoms with Crippen LogP contribution in [0.15, 0.2) is 0 Å². The Hall–Kier alpha value is -1.17. The molecule has 2 aliphatic heterocycles. The lowest BCUT2D eigenvalue weighted by Gasteiger charge is -2.56. The van der Waals surface area contributed by atoms with Crippen molar-refractivity contribution >= 4 is 5.97 Å². The minimum absolute atomic E-state index is 1.26. The molecule has 0 spiro atoms. The molecular weight excluding hydrogens is 492 g/mol. The van der Waals surface area contributed by atoms with Crippen LogP contribution in [0.2, 0.25) is 0 Å². The first-order chi connectivity index (χ1) is 16.1. The molecule has 2 aliphatic rings. The van der Waals surface area contributed by atoms with Crippen molar-refractivity contribution in [2.45, 2.75) is 85.0 Å². The molecule has 2 saturated heterocycles. The fraction of sp³-hybridized carbons (Fsp3) is 0.941. The van der Waals surface area contributed by atoms with E-state index >= 15 is 0 Å². The fourth-order valence-electron chi connectivity index (χ4n) is 3.93. The molecule has 2 fully saturated rings. The monoisotopic (exact) mass is 522 g/mol. The molecule has 4 unspecified atom stereocenters. The van der Waals surface area contributed by atoms with Gasteiger partial charge in [0.15, 0.2) is 24.5 Å². The summed E-state index contributed by atoms with van der Waals surface area (Å²) in [7, 11) is 0. The van der Waals surface area contributed by atoms with Crippen molar-refractivity contribution in [3.8, 4) is 0 Å². The summed E-state index contributed by atoms with van der Waals surface area (Å²) in [6.45, 7) is -3.04. The van der Waals surface area contributed by atoms with Gasteiger partial charge in [0.1, 0.15) is 54.9 Å². The lowest BCUT2D eigenvalue weighted by molar-refractivity contribution is -0.414. The van der Waals surface area contributed by atoms with E-state index in [4.69, 9.17) is 19.3 Å². The zero-order valence-corrected chi connectivity index (χ0v) is 17.7. The quantitative estimate of drug-likeness (QED) is 0.133. The third-order valence-electron chi connectivity index (χ3n) is 6.11. The molecule has 18 nitrogen and oxygen atoms in total. The van der Waals surface area contributed by atoms with Crippen LogP contribution in [0.5, 0.6) is 0 Å². The molecule has 0 aromatic carbocycles. The van der Waals surface area contributed by atoms with E-state index in [0.717, 1.165) is 0 Å². The van der Waals surface area contributed by atoms with E-state index in [1.54, 1.807) is 0 Å². The largest absolute Gasteiger partial charge is 0.479 e. The summed E-state index contributed by atoms with van der Waals surface area (Å²) >= 11 is 0. The molecule has 0 bridgehead atoms. The fourth-order valence-corrected chi connectivity index (χ4v) is 3.93. The van der Waals surface area contributed by atoms with Crippen LogP contribution >= 0.6 is 0 Å². The Balaban J connectivity index is 2.63. The number of ether oxygens (including phenoxy) is 3. The first kappa shape index (κ1) is 30.1. The topological polar surface area (TPSA) is 328 Å². The first-order valence-electron chi connectivity index (χ1n) is 10.1. The average Bonchev–Trinajstić information content (AvgIpc) is 2.83. The Morgan fingerprint density at radius 2 is 1.43 bits per heavy atom. The average molecular weight is 522 g/mol. The minimum atomic E-state index is -4.03. The Bertz CT molecular complexity index is 725. The molecule has 206 valence electrons. The SMILES string of the molecule is O=C(O)C(O)(C(O)C(O)C(O)CO)[C@]1(CO)O[C@@H](O)[C@H](O)[C@H](O)[C@@H]1O[C@@H]1O[C@H](O)[C@@H](O)[C@H](O)[C@H]1O. The lowest BCUT2D eigenvalue weighted by atomic mass is 9.69. The molecule has 35 heavy (non-hydrogen) atoms. The van der Waals surface area contributed by atoms with Gasteiger partial charge in [-0.05, 0) is 0 Å². The van der Waals surface area contributed by atoms with Gasteiger partial charge in [0, 0.05) is 0 Å². The van der Waals surface area contributed by atoms with Gasteiger partial charge in [-0.15, -0.1) is 0 Å². The number of carboxylic acids is 1. The summed E-state index contributed by atoms with van der Waals surface area (Å²) < 4.78 is 14.8. The highest BCUT2D eigenvalue weighted by molar-refractivity contribution is 5.80. The van der Waals surface area contributed by atoms with Gasteiger partial charge >= 0.3 is 5.97 Å². The molecule has 0 radical (unpaired) electrons. The zero-order chi connectivity index (χ0) is 27.0. The molecule has 0 saturated carbocycles. The highest BCUT2D eigenvalue weighted by Gasteiger charge is 2.72. The second kappa shape index (κ2) is 11.1. The molecular formula is C17H30O18. The molecule has 0 aromatic rings. The summed E-state index contributed by atoms with van der Waals surface area (Å²) in [6.07, 6.45) is -29.1. The minimum Gasteiger partial charge on any atom is -0.479 e. The predicted octanol–water partition coefficient (Wildman–Crippen LogP) is -9.18. The number of hydrogen-bond donors (Lipinski definition) is 14. The van der Waals surface area contributed by atoms with Gasteiger partial charge in [-0.25, -0.2) is 4.79 Å². The standard InChI is InChI=1S/C17H30O18/c18-1-3(20)4(21)10(27)17(32,15(30)31)16(2-19)11(6(23)8(25)13(29)35-16)33-14-9(26)5(22)7(24)12(28)34-14/h3-14,18-29,32H,1-2H2,(H,30,31)/t3?,4?,5-,6-,7-,8+,9+,10?,11-,12-,13+,14+,16+,17?/m0/s1. The van der Waals surface area contributed by atoms with Crippen molar-refractivity contribution in [2.24, 2.45) is 0 Å². The third-order valence-corrected chi connectivity index (χ3v) is 6.11. The van der Waals surface area contributed by atoms with Gasteiger partial charge < -0.3 is 85.7 Å². The van der Waals surface area contributed by atoms with Crippen LogP contribution in [-0.2, 0) is 19.0 Å². The smallest absolute Gasteiger partial charge is 0.341 e. The summed E-state index contributed by atoms with van der Waals surface area (Å²) in [5.41, 5.74) is -7.48. The van der Waals surface area contributed by atoms with Crippen molar-refractivity contribution in [2.75, 3.05) is 13.2 Å². The second-order valence-electron chi connectivity index (χ2n) is 8.22.